The fourth-order valence-electron chi connectivity index (χ4n) is 3.34. The Hall–Kier alpha value is -2.20. The quantitative estimate of drug-likeness (QED) is 0.667. The van der Waals surface area contributed by atoms with E-state index in [4.69, 9.17) is 4.98 Å². The SMILES string of the molecule is Cc1ccc2nc(-c3ccsc3)cc(C(=O)N3CCCCC3)c2c1. The normalized spacial score (nSPS) is 15.0. The molecule has 0 unspecified atom stereocenters. The standard InChI is InChI=1S/C20H20N2OS/c1-14-5-6-18-16(11-14)17(20(23)22-8-3-2-4-9-22)12-19(21-18)15-7-10-24-13-15/h5-7,10-13H,2-4,8-9H2,1H3. The van der Waals surface area contributed by atoms with Gasteiger partial charge in [0.25, 0.3) is 5.91 Å². The van der Waals surface area contributed by atoms with Crippen LogP contribution in [0.4, 0.5) is 0 Å². The predicted octanol–water partition coefficient (Wildman–Crippen LogP) is 4.90. The highest BCUT2D eigenvalue weighted by Gasteiger charge is 2.21. The van der Waals surface area contributed by atoms with E-state index in [0.29, 0.717) is 0 Å². The van der Waals surface area contributed by atoms with E-state index >= 15 is 0 Å². The summed E-state index contributed by atoms with van der Waals surface area (Å²) in [6, 6.07) is 10.2. The highest BCUT2D eigenvalue weighted by molar-refractivity contribution is 7.08. The molecule has 3 aromatic rings. The zero-order valence-electron chi connectivity index (χ0n) is 13.8. The van der Waals surface area contributed by atoms with Crippen molar-refractivity contribution in [1.29, 1.82) is 0 Å². The molecule has 0 atom stereocenters. The first-order valence-corrected chi connectivity index (χ1v) is 9.40. The van der Waals surface area contributed by atoms with Crippen LogP contribution in [0.15, 0.2) is 41.1 Å². The molecule has 0 saturated carbocycles. The Bertz CT molecular complexity index is 880. The van der Waals surface area contributed by atoms with Crippen molar-refractivity contribution in [3.8, 4) is 11.3 Å². The van der Waals surface area contributed by atoms with Crippen LogP contribution >= 0.6 is 11.3 Å². The number of piperidine rings is 1. The Morgan fingerprint density at radius 2 is 1.96 bits per heavy atom. The molecule has 0 spiro atoms. The third-order valence-electron chi connectivity index (χ3n) is 4.65. The van der Waals surface area contributed by atoms with Gasteiger partial charge in [-0.3, -0.25) is 4.79 Å². The van der Waals surface area contributed by atoms with E-state index in [-0.39, 0.29) is 5.91 Å². The number of nitrogens with zero attached hydrogens (tertiary/aromatic N) is 2. The van der Waals surface area contributed by atoms with Gasteiger partial charge in [-0.1, -0.05) is 11.6 Å². The fourth-order valence-corrected chi connectivity index (χ4v) is 3.99. The third kappa shape index (κ3) is 2.82. The molecule has 1 aliphatic heterocycles. The first-order valence-electron chi connectivity index (χ1n) is 8.45. The van der Waals surface area contributed by atoms with Crippen LogP contribution < -0.4 is 0 Å². The monoisotopic (exact) mass is 336 g/mol. The van der Waals surface area contributed by atoms with Gasteiger partial charge in [0.15, 0.2) is 0 Å². The van der Waals surface area contributed by atoms with Crippen LogP contribution in [0.3, 0.4) is 0 Å². The number of carbonyl (C=O) groups is 1. The molecule has 0 N–H and O–H groups in total. The molecule has 1 amide bonds. The van der Waals surface area contributed by atoms with Crippen molar-refractivity contribution >= 4 is 28.1 Å². The highest BCUT2D eigenvalue weighted by atomic mass is 32.1. The van der Waals surface area contributed by atoms with E-state index in [2.05, 4.69) is 30.5 Å². The number of rotatable bonds is 2. The lowest BCUT2D eigenvalue weighted by Crippen LogP contribution is -2.35. The van der Waals surface area contributed by atoms with E-state index in [1.807, 2.05) is 22.4 Å². The van der Waals surface area contributed by atoms with E-state index in [1.54, 1.807) is 11.3 Å². The van der Waals surface area contributed by atoms with E-state index in [9.17, 15) is 4.79 Å². The fraction of sp³-hybridized carbons (Fsp3) is 0.300. The van der Waals surface area contributed by atoms with Gasteiger partial charge in [-0.15, -0.1) is 0 Å². The number of fused-ring (bicyclic) bond motifs is 1. The number of benzene rings is 1. The Labute approximate surface area is 146 Å². The number of likely N-dealkylation sites (tertiary alicyclic amines) is 1. The lowest BCUT2D eigenvalue weighted by Gasteiger charge is -2.27. The van der Waals surface area contributed by atoms with E-state index in [0.717, 1.165) is 59.2 Å². The number of hydrogen-bond acceptors (Lipinski definition) is 3. The topological polar surface area (TPSA) is 33.2 Å². The van der Waals surface area contributed by atoms with Gasteiger partial charge < -0.3 is 4.90 Å². The second kappa shape index (κ2) is 6.36. The molecule has 4 heteroatoms. The maximum atomic E-state index is 13.1. The van der Waals surface area contributed by atoms with Crippen LogP contribution in [0.25, 0.3) is 22.2 Å². The van der Waals surface area contributed by atoms with Crippen LogP contribution in [-0.4, -0.2) is 28.9 Å². The van der Waals surface area contributed by atoms with Gasteiger partial charge in [0.1, 0.15) is 0 Å². The first kappa shape index (κ1) is 15.3. The van der Waals surface area contributed by atoms with Gasteiger partial charge in [0.05, 0.1) is 16.8 Å². The van der Waals surface area contributed by atoms with Crippen molar-refractivity contribution in [1.82, 2.24) is 9.88 Å². The third-order valence-corrected chi connectivity index (χ3v) is 5.34. The number of thiophene rings is 1. The summed E-state index contributed by atoms with van der Waals surface area (Å²) in [5.74, 6) is 0.143. The molecule has 3 heterocycles. The van der Waals surface area contributed by atoms with Crippen LogP contribution in [0.5, 0.6) is 0 Å². The van der Waals surface area contributed by atoms with Crippen molar-refractivity contribution in [2.24, 2.45) is 0 Å². The van der Waals surface area contributed by atoms with Gasteiger partial charge in [0.2, 0.25) is 0 Å². The maximum Gasteiger partial charge on any atom is 0.254 e. The zero-order chi connectivity index (χ0) is 16.5. The molecule has 0 aliphatic carbocycles. The Kier molecular flexibility index (Phi) is 4.07. The summed E-state index contributed by atoms with van der Waals surface area (Å²) in [5, 5.41) is 5.09. The predicted molar refractivity (Wildman–Crippen MR) is 99.5 cm³/mol. The zero-order valence-corrected chi connectivity index (χ0v) is 14.6. The van der Waals surface area contributed by atoms with E-state index in [1.165, 1.54) is 6.42 Å². The summed E-state index contributed by atoms with van der Waals surface area (Å²) in [6.45, 7) is 3.78. The molecule has 1 saturated heterocycles. The molecule has 2 aromatic heterocycles. The van der Waals surface area contributed by atoms with Gasteiger partial charge in [0, 0.05) is 29.4 Å². The van der Waals surface area contributed by atoms with Crippen LogP contribution in [0.2, 0.25) is 0 Å². The number of aromatic nitrogens is 1. The summed E-state index contributed by atoms with van der Waals surface area (Å²) in [4.78, 5) is 19.9. The van der Waals surface area contributed by atoms with Gasteiger partial charge in [-0.05, 0) is 55.8 Å². The smallest absolute Gasteiger partial charge is 0.254 e. The van der Waals surface area contributed by atoms with Crippen molar-refractivity contribution in [3.63, 3.8) is 0 Å². The summed E-state index contributed by atoms with van der Waals surface area (Å²) >= 11 is 1.65. The Balaban J connectivity index is 1.87. The second-order valence-electron chi connectivity index (χ2n) is 6.44. The highest BCUT2D eigenvalue weighted by Crippen LogP contribution is 2.28. The lowest BCUT2D eigenvalue weighted by atomic mass is 10.0. The Morgan fingerprint density at radius 1 is 1.12 bits per heavy atom. The Morgan fingerprint density at radius 3 is 2.71 bits per heavy atom. The average Bonchev–Trinajstić information content (AvgIpc) is 3.16. The van der Waals surface area contributed by atoms with E-state index < -0.39 is 0 Å². The summed E-state index contributed by atoms with van der Waals surface area (Å²) < 4.78 is 0. The van der Waals surface area contributed by atoms with Gasteiger partial charge in [-0.2, -0.15) is 11.3 Å². The molecular formula is C20H20N2OS. The molecule has 3 nitrogen and oxygen atoms in total. The molecule has 1 aromatic carbocycles. The van der Waals surface area contributed by atoms with Crippen molar-refractivity contribution in [3.05, 3.63) is 52.2 Å². The number of aryl methyl sites for hydroxylation is 1. The number of pyridine rings is 1. The molecule has 0 bridgehead atoms. The van der Waals surface area contributed by atoms with Crippen molar-refractivity contribution in [2.45, 2.75) is 26.2 Å². The molecule has 0 radical (unpaired) electrons. The second-order valence-corrected chi connectivity index (χ2v) is 7.22. The van der Waals surface area contributed by atoms with Crippen LogP contribution in [0, 0.1) is 6.92 Å². The molecule has 1 aliphatic rings. The lowest BCUT2D eigenvalue weighted by molar-refractivity contribution is 0.0726. The average molecular weight is 336 g/mol. The van der Waals surface area contributed by atoms with Gasteiger partial charge >= 0.3 is 0 Å². The minimum Gasteiger partial charge on any atom is -0.339 e. The first-order chi connectivity index (χ1) is 11.7. The van der Waals surface area contributed by atoms with Crippen LogP contribution in [-0.2, 0) is 0 Å². The number of carbonyl (C=O) groups excluding carboxylic acids is 1. The largest absolute Gasteiger partial charge is 0.339 e. The summed E-state index contributed by atoms with van der Waals surface area (Å²) in [6.07, 6.45) is 3.43. The van der Waals surface area contributed by atoms with Crippen LogP contribution in [0.1, 0.15) is 35.2 Å². The number of hydrogen-bond donors (Lipinski definition) is 0. The summed E-state index contributed by atoms with van der Waals surface area (Å²) in [7, 11) is 0. The number of amides is 1. The molecule has 122 valence electrons. The van der Waals surface area contributed by atoms with Crippen molar-refractivity contribution in [2.75, 3.05) is 13.1 Å². The molecular weight excluding hydrogens is 316 g/mol. The minimum absolute atomic E-state index is 0.143. The molecule has 4 rings (SSSR count). The molecule has 1 fully saturated rings. The van der Waals surface area contributed by atoms with Gasteiger partial charge in [-0.25, -0.2) is 4.98 Å². The van der Waals surface area contributed by atoms with Crippen molar-refractivity contribution < 1.29 is 4.79 Å². The maximum absolute atomic E-state index is 13.1. The molecule has 24 heavy (non-hydrogen) atoms. The summed E-state index contributed by atoms with van der Waals surface area (Å²) in [5.41, 5.74) is 4.79. The minimum atomic E-state index is 0.143.